The van der Waals surface area contributed by atoms with Crippen LogP contribution >= 0.6 is 0 Å². The Kier molecular flexibility index (Phi) is 6.37. The average Bonchev–Trinajstić information content (AvgIpc) is 3.23. The van der Waals surface area contributed by atoms with Gasteiger partial charge in [0.15, 0.2) is 0 Å². The second kappa shape index (κ2) is 8.74. The van der Waals surface area contributed by atoms with Crippen molar-refractivity contribution in [2.24, 2.45) is 11.3 Å². The first kappa shape index (κ1) is 19.7. The summed E-state index contributed by atoms with van der Waals surface area (Å²) >= 11 is 0. The van der Waals surface area contributed by atoms with E-state index in [0.29, 0.717) is 26.1 Å². The van der Waals surface area contributed by atoms with Gasteiger partial charge in [0.1, 0.15) is 0 Å². The molecule has 3 atom stereocenters. The zero-order valence-electron chi connectivity index (χ0n) is 16.0. The van der Waals surface area contributed by atoms with Gasteiger partial charge in [-0.1, -0.05) is 36.8 Å². The van der Waals surface area contributed by atoms with Crippen LogP contribution in [0.4, 0.5) is 4.79 Å². The molecule has 2 amide bonds. The van der Waals surface area contributed by atoms with Gasteiger partial charge >= 0.3 is 12.0 Å². The quantitative estimate of drug-likeness (QED) is 0.683. The number of rotatable bonds is 8. The number of hydrogen-bond acceptors (Lipinski definition) is 3. The number of unbranched alkanes of at least 4 members (excludes halogenated alkanes) is 1. The van der Waals surface area contributed by atoms with Crippen molar-refractivity contribution in [3.8, 4) is 0 Å². The molecule has 0 spiro atoms. The van der Waals surface area contributed by atoms with Crippen molar-refractivity contribution in [1.29, 1.82) is 0 Å². The molecule has 0 aromatic heterocycles. The molecule has 2 aliphatic rings. The maximum Gasteiger partial charge on any atom is 0.317 e. The number of nitrogens with one attached hydrogen (secondary N) is 1. The summed E-state index contributed by atoms with van der Waals surface area (Å²) in [6.45, 7) is 1.58. The van der Waals surface area contributed by atoms with Gasteiger partial charge in [-0.2, -0.15) is 0 Å². The van der Waals surface area contributed by atoms with Crippen LogP contribution in [0, 0.1) is 11.3 Å². The fraction of sp³-hybridized carbons (Fsp3) is 0.619. The van der Waals surface area contributed by atoms with Crippen LogP contribution in [0.25, 0.3) is 0 Å². The van der Waals surface area contributed by atoms with Gasteiger partial charge in [-0.05, 0) is 43.6 Å². The molecular weight excluding hydrogens is 344 g/mol. The molecule has 1 saturated heterocycles. The van der Waals surface area contributed by atoms with Gasteiger partial charge in [-0.3, -0.25) is 4.79 Å². The van der Waals surface area contributed by atoms with E-state index in [-0.39, 0.29) is 18.0 Å². The van der Waals surface area contributed by atoms with Crippen LogP contribution in [0.2, 0.25) is 0 Å². The van der Waals surface area contributed by atoms with Gasteiger partial charge in [0.25, 0.3) is 0 Å². The Balaban J connectivity index is 1.65. The van der Waals surface area contributed by atoms with E-state index in [1.54, 1.807) is 12.0 Å². The predicted octanol–water partition coefficient (Wildman–Crippen LogP) is 3.44. The van der Waals surface area contributed by atoms with Gasteiger partial charge < -0.3 is 20.1 Å². The molecule has 2 fully saturated rings. The molecule has 2 N–H and O–H groups in total. The van der Waals surface area contributed by atoms with Crippen molar-refractivity contribution in [1.82, 2.24) is 10.2 Å². The molecule has 0 radical (unpaired) electrons. The predicted molar refractivity (Wildman–Crippen MR) is 102 cm³/mol. The van der Waals surface area contributed by atoms with Crippen molar-refractivity contribution >= 4 is 12.0 Å². The van der Waals surface area contributed by atoms with E-state index in [4.69, 9.17) is 4.74 Å². The van der Waals surface area contributed by atoms with Gasteiger partial charge in [-0.15, -0.1) is 0 Å². The number of amides is 2. The highest BCUT2D eigenvalue weighted by Crippen LogP contribution is 2.48. The normalized spacial score (nSPS) is 25.2. The number of methoxy groups -OCH3 is 1. The van der Waals surface area contributed by atoms with Crippen molar-refractivity contribution in [2.45, 2.75) is 44.6 Å². The Bertz CT molecular complexity index is 651. The third-order valence-corrected chi connectivity index (χ3v) is 6.17. The largest absolute Gasteiger partial charge is 0.481 e. The second-order valence-electron chi connectivity index (χ2n) is 7.83. The van der Waals surface area contributed by atoms with Crippen molar-refractivity contribution < 1.29 is 19.4 Å². The summed E-state index contributed by atoms with van der Waals surface area (Å²) in [6.07, 6.45) is 5.25. The number of likely N-dealkylation sites (tertiary alicyclic amines) is 1. The van der Waals surface area contributed by atoms with E-state index in [0.717, 1.165) is 37.7 Å². The summed E-state index contributed by atoms with van der Waals surface area (Å²) in [7, 11) is 1.69. The summed E-state index contributed by atoms with van der Waals surface area (Å²) in [5.41, 5.74) is 0.341. The lowest BCUT2D eigenvalue weighted by Gasteiger charge is -2.26. The minimum absolute atomic E-state index is 0.0724. The van der Waals surface area contributed by atoms with Crippen LogP contribution in [0.3, 0.4) is 0 Å². The van der Waals surface area contributed by atoms with Gasteiger partial charge in [0.05, 0.1) is 11.5 Å². The van der Waals surface area contributed by atoms with E-state index in [1.165, 1.54) is 0 Å². The Morgan fingerprint density at radius 1 is 1.33 bits per heavy atom. The number of carbonyl (C=O) groups is 2. The summed E-state index contributed by atoms with van der Waals surface area (Å²) in [5.74, 6) is -0.669. The van der Waals surface area contributed by atoms with Crippen LogP contribution in [0.1, 0.15) is 50.1 Å². The van der Waals surface area contributed by atoms with Crippen LogP contribution in [-0.2, 0) is 9.53 Å². The first-order valence-corrected chi connectivity index (χ1v) is 9.89. The molecule has 6 nitrogen and oxygen atoms in total. The topological polar surface area (TPSA) is 78.9 Å². The number of carboxylic acid groups (broad SMARTS) is 1. The molecule has 148 valence electrons. The average molecular weight is 374 g/mol. The smallest absolute Gasteiger partial charge is 0.317 e. The van der Waals surface area contributed by atoms with Crippen LogP contribution in [0.5, 0.6) is 0 Å². The summed E-state index contributed by atoms with van der Waals surface area (Å²) in [5, 5.41) is 12.9. The molecule has 0 bridgehead atoms. The van der Waals surface area contributed by atoms with Crippen molar-refractivity contribution in [2.75, 3.05) is 26.8 Å². The van der Waals surface area contributed by atoms with Crippen molar-refractivity contribution in [3.05, 3.63) is 35.9 Å². The minimum atomic E-state index is -0.750. The van der Waals surface area contributed by atoms with E-state index in [2.05, 4.69) is 5.32 Å². The molecule has 1 aromatic rings. The van der Waals surface area contributed by atoms with Crippen LogP contribution < -0.4 is 5.32 Å². The van der Waals surface area contributed by atoms with Gasteiger partial charge in [0, 0.05) is 26.8 Å². The Hall–Kier alpha value is -2.08. The molecule has 6 heteroatoms. The number of benzene rings is 1. The van der Waals surface area contributed by atoms with E-state index >= 15 is 0 Å². The number of fused-ring (bicyclic) bond motifs is 1. The van der Waals surface area contributed by atoms with Crippen LogP contribution in [-0.4, -0.2) is 48.8 Å². The zero-order valence-corrected chi connectivity index (χ0v) is 16.0. The Morgan fingerprint density at radius 2 is 2.11 bits per heavy atom. The number of urea groups is 1. The molecule has 1 aliphatic carbocycles. The number of nitrogens with zero attached hydrogens (tertiary/aromatic N) is 1. The fourth-order valence-corrected chi connectivity index (χ4v) is 4.64. The lowest BCUT2D eigenvalue weighted by Crippen LogP contribution is -2.43. The zero-order chi connectivity index (χ0) is 19.3. The summed E-state index contributed by atoms with van der Waals surface area (Å²) < 4.78 is 5.12. The van der Waals surface area contributed by atoms with E-state index < -0.39 is 11.4 Å². The van der Waals surface area contributed by atoms with Gasteiger partial charge in [0.2, 0.25) is 0 Å². The first-order valence-electron chi connectivity index (χ1n) is 9.89. The number of carboxylic acids is 1. The summed E-state index contributed by atoms with van der Waals surface area (Å²) in [6, 6.07) is 9.75. The summed E-state index contributed by atoms with van der Waals surface area (Å²) in [4.78, 5) is 26.5. The first-order chi connectivity index (χ1) is 13.1. The number of ether oxygens (including phenoxy) is 1. The molecule has 3 rings (SSSR count). The molecule has 1 unspecified atom stereocenters. The Labute approximate surface area is 160 Å². The number of aliphatic carboxylic acids is 1. The molecule has 1 aromatic carbocycles. The Morgan fingerprint density at radius 3 is 2.78 bits per heavy atom. The molecule has 1 aliphatic heterocycles. The van der Waals surface area contributed by atoms with E-state index in [9.17, 15) is 14.7 Å². The van der Waals surface area contributed by atoms with E-state index in [1.807, 2.05) is 30.3 Å². The highest BCUT2D eigenvalue weighted by Gasteiger charge is 2.55. The van der Waals surface area contributed by atoms with Gasteiger partial charge in [-0.25, -0.2) is 4.79 Å². The van der Waals surface area contributed by atoms with Crippen molar-refractivity contribution in [3.63, 3.8) is 0 Å². The fourth-order valence-electron chi connectivity index (χ4n) is 4.64. The minimum Gasteiger partial charge on any atom is -0.481 e. The molecule has 27 heavy (non-hydrogen) atoms. The maximum atomic E-state index is 12.9. The highest BCUT2D eigenvalue weighted by atomic mass is 16.5. The highest BCUT2D eigenvalue weighted by molar-refractivity contribution is 5.80. The number of hydrogen-bond donors (Lipinski definition) is 2. The third kappa shape index (κ3) is 4.26. The molecule has 1 saturated carbocycles. The SMILES string of the molecule is COCCCCC(NC(=O)N1C[C@@H]2CCC[C@@]2(C(=O)O)C1)c1ccccc1. The van der Waals surface area contributed by atoms with Crippen LogP contribution in [0.15, 0.2) is 30.3 Å². The molecule has 1 heterocycles. The standard InChI is InChI=1S/C21H30N2O4/c1-27-13-6-5-11-18(16-8-3-2-4-9-16)22-20(26)23-14-17-10-7-12-21(17,15-23)19(24)25/h2-4,8-9,17-18H,5-7,10-15H2,1H3,(H,22,26)(H,24,25)/t17-,18?,21+/m0/s1. The lowest BCUT2D eigenvalue weighted by molar-refractivity contribution is -0.149. The second-order valence-corrected chi connectivity index (χ2v) is 7.83. The monoisotopic (exact) mass is 374 g/mol. The third-order valence-electron chi connectivity index (χ3n) is 6.17. The number of carbonyl (C=O) groups excluding carboxylic acids is 1. The lowest BCUT2D eigenvalue weighted by atomic mass is 9.81. The molecular formula is C21H30N2O4. The maximum absolute atomic E-state index is 12.9.